The Balaban J connectivity index is 2.17. The molecule has 1 unspecified atom stereocenters. The van der Waals surface area contributed by atoms with Crippen molar-refractivity contribution in [1.82, 2.24) is 9.88 Å². The summed E-state index contributed by atoms with van der Waals surface area (Å²) in [5.41, 5.74) is 0. The van der Waals surface area contributed by atoms with Gasteiger partial charge in [0.05, 0.1) is 25.9 Å². The van der Waals surface area contributed by atoms with Crippen LogP contribution in [0.1, 0.15) is 5.01 Å². The van der Waals surface area contributed by atoms with Crippen molar-refractivity contribution >= 4 is 17.2 Å². The van der Waals surface area contributed by atoms with Crippen LogP contribution in [-0.4, -0.2) is 55.3 Å². The number of alkyl halides is 2. The third-order valence-electron chi connectivity index (χ3n) is 2.82. The smallest absolute Gasteiger partial charge is 0.375 e. The molecule has 0 saturated carbocycles. The highest BCUT2D eigenvalue weighted by atomic mass is 32.1. The highest BCUT2D eigenvalue weighted by molar-refractivity contribution is 7.09. The standard InChI is InChI=1S/C11H14F2N2O3S/c1-17-6-8-7-18-4-3-15(8)10(16)11(12,13)9-14-2-5-19-9/h2,5,8H,3-4,6-7H2,1H3. The van der Waals surface area contributed by atoms with Gasteiger partial charge >= 0.3 is 11.8 Å². The third-order valence-corrected chi connectivity index (χ3v) is 3.66. The van der Waals surface area contributed by atoms with Crippen molar-refractivity contribution in [3.05, 3.63) is 16.6 Å². The van der Waals surface area contributed by atoms with E-state index in [1.165, 1.54) is 18.7 Å². The highest BCUT2D eigenvalue weighted by Crippen LogP contribution is 2.32. The number of carbonyl (C=O) groups is 1. The predicted molar refractivity (Wildman–Crippen MR) is 64.2 cm³/mol. The minimum Gasteiger partial charge on any atom is -0.382 e. The molecule has 0 aromatic carbocycles. The first-order chi connectivity index (χ1) is 9.07. The largest absolute Gasteiger partial charge is 0.382 e. The minimum atomic E-state index is -3.60. The quantitative estimate of drug-likeness (QED) is 0.834. The van der Waals surface area contributed by atoms with E-state index in [4.69, 9.17) is 9.47 Å². The van der Waals surface area contributed by atoms with E-state index in [9.17, 15) is 13.6 Å². The lowest BCUT2D eigenvalue weighted by atomic mass is 10.2. The van der Waals surface area contributed by atoms with Gasteiger partial charge in [0.1, 0.15) is 0 Å². The van der Waals surface area contributed by atoms with Crippen LogP contribution in [0.25, 0.3) is 0 Å². The Kier molecular flexibility index (Phi) is 4.43. The number of rotatable bonds is 4. The van der Waals surface area contributed by atoms with Crippen LogP contribution in [0, 0.1) is 0 Å². The molecule has 0 bridgehead atoms. The lowest BCUT2D eigenvalue weighted by molar-refractivity contribution is -0.169. The number of halogens is 2. The molecule has 1 aliphatic heterocycles. The number of nitrogens with zero attached hydrogens (tertiary/aromatic N) is 2. The Morgan fingerprint density at radius 2 is 2.53 bits per heavy atom. The number of morpholine rings is 1. The van der Waals surface area contributed by atoms with Gasteiger partial charge in [-0.1, -0.05) is 0 Å². The first-order valence-electron chi connectivity index (χ1n) is 5.73. The Morgan fingerprint density at radius 1 is 1.74 bits per heavy atom. The van der Waals surface area contributed by atoms with E-state index in [0.717, 1.165) is 16.2 Å². The molecule has 1 saturated heterocycles. The summed E-state index contributed by atoms with van der Waals surface area (Å²) in [4.78, 5) is 16.7. The molecule has 1 aromatic rings. The highest BCUT2D eigenvalue weighted by Gasteiger charge is 2.48. The summed E-state index contributed by atoms with van der Waals surface area (Å²) in [7, 11) is 1.45. The Hall–Kier alpha value is -1.12. The SMILES string of the molecule is COCC1COCCN1C(=O)C(F)(F)c1nccs1. The maximum atomic E-state index is 14.1. The van der Waals surface area contributed by atoms with E-state index in [-0.39, 0.29) is 26.4 Å². The van der Waals surface area contributed by atoms with Crippen LogP contribution in [0.4, 0.5) is 8.78 Å². The Labute approximate surface area is 113 Å². The number of aromatic nitrogens is 1. The van der Waals surface area contributed by atoms with Crippen molar-refractivity contribution in [3.63, 3.8) is 0 Å². The summed E-state index contributed by atoms with van der Waals surface area (Å²) in [5.74, 6) is -4.84. The van der Waals surface area contributed by atoms with Crippen molar-refractivity contribution < 1.29 is 23.0 Å². The van der Waals surface area contributed by atoms with E-state index < -0.39 is 22.9 Å². The molecule has 0 aliphatic carbocycles. The molecule has 1 atom stereocenters. The second-order valence-corrected chi connectivity index (χ2v) is 4.99. The average Bonchev–Trinajstić information content (AvgIpc) is 2.93. The molecular weight excluding hydrogens is 278 g/mol. The number of carbonyl (C=O) groups excluding carboxylic acids is 1. The zero-order chi connectivity index (χ0) is 13.9. The molecule has 1 fully saturated rings. The third kappa shape index (κ3) is 2.90. The van der Waals surface area contributed by atoms with Crippen molar-refractivity contribution in [2.24, 2.45) is 0 Å². The molecule has 0 spiro atoms. The van der Waals surface area contributed by atoms with Gasteiger partial charge in [0.2, 0.25) is 0 Å². The van der Waals surface area contributed by atoms with Gasteiger partial charge in [0, 0.05) is 25.2 Å². The number of hydrogen-bond donors (Lipinski definition) is 0. The molecule has 1 amide bonds. The maximum Gasteiger partial charge on any atom is 0.375 e. The summed E-state index contributed by atoms with van der Waals surface area (Å²) in [5, 5.41) is 0.933. The van der Waals surface area contributed by atoms with Gasteiger partial charge in [0.15, 0.2) is 5.01 Å². The fourth-order valence-electron chi connectivity index (χ4n) is 1.90. The van der Waals surface area contributed by atoms with Crippen molar-refractivity contribution in [1.29, 1.82) is 0 Å². The first kappa shape index (κ1) is 14.3. The van der Waals surface area contributed by atoms with E-state index in [1.54, 1.807) is 0 Å². The molecule has 1 aromatic heterocycles. The van der Waals surface area contributed by atoms with E-state index in [1.807, 2.05) is 0 Å². The number of hydrogen-bond acceptors (Lipinski definition) is 5. The molecular formula is C11H14F2N2O3S. The van der Waals surface area contributed by atoms with Crippen molar-refractivity contribution in [2.45, 2.75) is 12.0 Å². The van der Waals surface area contributed by atoms with Gasteiger partial charge in [-0.25, -0.2) is 4.98 Å². The second-order valence-electron chi connectivity index (χ2n) is 4.09. The van der Waals surface area contributed by atoms with Crippen molar-refractivity contribution in [3.8, 4) is 0 Å². The molecule has 5 nitrogen and oxygen atoms in total. The fourth-order valence-corrected chi connectivity index (χ4v) is 2.51. The molecule has 1 aliphatic rings. The average molecular weight is 292 g/mol. The zero-order valence-electron chi connectivity index (χ0n) is 10.3. The van der Waals surface area contributed by atoms with Gasteiger partial charge in [-0.2, -0.15) is 8.78 Å². The molecule has 0 radical (unpaired) electrons. The van der Waals surface area contributed by atoms with E-state index >= 15 is 0 Å². The van der Waals surface area contributed by atoms with Crippen LogP contribution in [0.5, 0.6) is 0 Å². The number of thiazole rings is 1. The number of amides is 1. The van der Waals surface area contributed by atoms with Gasteiger partial charge in [-0.3, -0.25) is 4.79 Å². The Morgan fingerprint density at radius 3 is 3.16 bits per heavy atom. The molecule has 2 heterocycles. The summed E-state index contributed by atoms with van der Waals surface area (Å²) in [6, 6.07) is -0.489. The molecule has 2 rings (SSSR count). The number of ether oxygens (including phenoxy) is 2. The normalized spacial score (nSPS) is 20.6. The summed E-state index contributed by atoms with van der Waals surface area (Å²) in [6.07, 6.45) is 1.26. The predicted octanol–water partition coefficient (Wildman–Crippen LogP) is 1.11. The van der Waals surface area contributed by atoms with Gasteiger partial charge in [-0.15, -0.1) is 11.3 Å². The van der Waals surface area contributed by atoms with E-state index in [2.05, 4.69) is 4.98 Å². The van der Waals surface area contributed by atoms with Gasteiger partial charge in [0.25, 0.3) is 0 Å². The first-order valence-corrected chi connectivity index (χ1v) is 6.61. The second kappa shape index (κ2) is 5.89. The molecule has 106 valence electrons. The monoisotopic (exact) mass is 292 g/mol. The maximum absolute atomic E-state index is 14.1. The van der Waals surface area contributed by atoms with E-state index in [0.29, 0.717) is 0 Å². The van der Waals surface area contributed by atoms with Crippen LogP contribution < -0.4 is 0 Å². The van der Waals surface area contributed by atoms with Crippen LogP contribution in [0.3, 0.4) is 0 Å². The Bertz CT molecular complexity index is 426. The minimum absolute atomic E-state index is 0.133. The zero-order valence-corrected chi connectivity index (χ0v) is 11.2. The molecule has 8 heteroatoms. The summed E-state index contributed by atoms with van der Waals surface area (Å²) in [6.45, 7) is 0.751. The number of methoxy groups -OCH3 is 1. The fraction of sp³-hybridized carbons (Fsp3) is 0.636. The van der Waals surface area contributed by atoms with Gasteiger partial charge < -0.3 is 14.4 Å². The lowest BCUT2D eigenvalue weighted by Gasteiger charge is -2.36. The molecule has 19 heavy (non-hydrogen) atoms. The summed E-state index contributed by atoms with van der Waals surface area (Å²) >= 11 is 0.766. The topological polar surface area (TPSA) is 51.7 Å². The van der Waals surface area contributed by atoms with Crippen LogP contribution in [-0.2, 0) is 20.2 Å². The van der Waals surface area contributed by atoms with Crippen molar-refractivity contribution in [2.75, 3.05) is 33.5 Å². The summed E-state index contributed by atoms with van der Waals surface area (Å²) < 4.78 is 38.2. The van der Waals surface area contributed by atoms with Gasteiger partial charge in [-0.05, 0) is 0 Å². The van der Waals surface area contributed by atoms with Crippen LogP contribution in [0.2, 0.25) is 0 Å². The van der Waals surface area contributed by atoms with Crippen LogP contribution >= 0.6 is 11.3 Å². The lowest BCUT2D eigenvalue weighted by Crippen LogP contribution is -2.54. The van der Waals surface area contributed by atoms with Crippen LogP contribution in [0.15, 0.2) is 11.6 Å². The molecule has 0 N–H and O–H groups in total.